The summed E-state index contributed by atoms with van der Waals surface area (Å²) >= 11 is 0. The number of benzene rings is 3. The van der Waals surface area contributed by atoms with Gasteiger partial charge in [-0.05, 0) is 53.9 Å². The van der Waals surface area contributed by atoms with E-state index in [1.807, 2.05) is 24.3 Å². The first kappa shape index (κ1) is 34.4. The van der Waals surface area contributed by atoms with Gasteiger partial charge in [0.1, 0.15) is 23.7 Å². The third kappa shape index (κ3) is 11.2. The van der Waals surface area contributed by atoms with Gasteiger partial charge in [0, 0.05) is 13.0 Å². The second-order valence-electron chi connectivity index (χ2n) is 10.2. The standard InChI is InChI=1S/C35H39F3O6/c1-3-5-6-7-8-11-24-42-32(35(36,37)38)22-25-43-34(40)30-12-9-10-13-31(30)44-33(39)28-16-14-26(15-17-28)27-18-20-29(21-19-27)41-23-4-2/h4,9-10,12-21,32H,2-3,5-8,11,22-25H2,1H3. The smallest absolute Gasteiger partial charge is 0.414 e. The number of unbranched alkanes of at least 4 members (excludes halogenated alkanes) is 5. The normalized spacial score (nSPS) is 11.9. The van der Waals surface area contributed by atoms with Crippen molar-refractivity contribution in [3.8, 4) is 22.6 Å². The second-order valence-corrected chi connectivity index (χ2v) is 10.2. The van der Waals surface area contributed by atoms with Gasteiger partial charge in [0.25, 0.3) is 0 Å². The highest BCUT2D eigenvalue weighted by Crippen LogP contribution is 2.27. The minimum Gasteiger partial charge on any atom is -0.490 e. The van der Waals surface area contributed by atoms with Crippen molar-refractivity contribution in [3.63, 3.8) is 0 Å². The van der Waals surface area contributed by atoms with Crippen LogP contribution in [-0.2, 0) is 9.47 Å². The summed E-state index contributed by atoms with van der Waals surface area (Å²) in [6.45, 7) is 5.60. The molecule has 0 heterocycles. The minimum atomic E-state index is -4.58. The summed E-state index contributed by atoms with van der Waals surface area (Å²) in [6.07, 6.45) is 0.0658. The number of carbonyl (C=O) groups excluding carboxylic acids is 2. The molecule has 1 unspecified atom stereocenters. The molecule has 3 rings (SSSR count). The van der Waals surface area contributed by atoms with Crippen molar-refractivity contribution in [3.05, 3.63) is 96.6 Å². The van der Waals surface area contributed by atoms with E-state index in [0.29, 0.717) is 18.8 Å². The van der Waals surface area contributed by atoms with Gasteiger partial charge in [-0.25, -0.2) is 9.59 Å². The quantitative estimate of drug-likeness (QED) is 0.0618. The number of halogens is 3. The molecule has 1 atom stereocenters. The molecule has 0 aliphatic rings. The number of ether oxygens (including phenoxy) is 4. The predicted octanol–water partition coefficient (Wildman–Crippen LogP) is 8.99. The summed E-state index contributed by atoms with van der Waals surface area (Å²) < 4.78 is 61.5. The van der Waals surface area contributed by atoms with E-state index in [2.05, 4.69) is 13.5 Å². The van der Waals surface area contributed by atoms with Gasteiger partial charge in [0.2, 0.25) is 0 Å². The Morgan fingerprint density at radius 3 is 2.11 bits per heavy atom. The molecule has 0 saturated carbocycles. The lowest BCUT2D eigenvalue weighted by molar-refractivity contribution is -0.224. The Labute approximate surface area is 256 Å². The van der Waals surface area contributed by atoms with Crippen LogP contribution in [0.15, 0.2) is 85.5 Å². The number of hydrogen-bond donors (Lipinski definition) is 0. The van der Waals surface area contributed by atoms with Gasteiger partial charge in [-0.3, -0.25) is 0 Å². The van der Waals surface area contributed by atoms with E-state index in [-0.39, 0.29) is 23.5 Å². The number of hydrogen-bond acceptors (Lipinski definition) is 6. The molecule has 3 aromatic carbocycles. The zero-order chi connectivity index (χ0) is 31.8. The van der Waals surface area contributed by atoms with Crippen LogP contribution in [0.2, 0.25) is 0 Å². The van der Waals surface area contributed by atoms with Crippen molar-refractivity contribution in [2.24, 2.45) is 0 Å². The minimum absolute atomic E-state index is 0.0125. The van der Waals surface area contributed by atoms with Gasteiger partial charge in [-0.1, -0.05) is 88.1 Å². The van der Waals surface area contributed by atoms with Gasteiger partial charge < -0.3 is 18.9 Å². The molecule has 0 radical (unpaired) electrons. The Morgan fingerprint density at radius 1 is 0.818 bits per heavy atom. The van der Waals surface area contributed by atoms with Crippen molar-refractivity contribution in [2.45, 2.75) is 64.1 Å². The lowest BCUT2D eigenvalue weighted by atomic mass is 10.0. The monoisotopic (exact) mass is 612 g/mol. The first-order valence-electron chi connectivity index (χ1n) is 14.8. The molecule has 0 N–H and O–H groups in total. The zero-order valence-corrected chi connectivity index (χ0v) is 24.9. The SMILES string of the molecule is C=CCOc1ccc(-c2ccc(C(=O)Oc3ccccc3C(=O)OCCC(OCCCCCCCC)C(F)(F)F)cc2)cc1. The van der Waals surface area contributed by atoms with E-state index in [4.69, 9.17) is 18.9 Å². The molecule has 44 heavy (non-hydrogen) atoms. The number of esters is 2. The summed E-state index contributed by atoms with van der Waals surface area (Å²) in [5.74, 6) is -0.956. The van der Waals surface area contributed by atoms with Crippen molar-refractivity contribution in [2.75, 3.05) is 19.8 Å². The predicted molar refractivity (Wildman–Crippen MR) is 163 cm³/mol. The zero-order valence-electron chi connectivity index (χ0n) is 24.9. The molecular formula is C35H39F3O6. The van der Waals surface area contributed by atoms with Crippen LogP contribution in [0.5, 0.6) is 11.5 Å². The summed E-state index contributed by atoms with van der Waals surface area (Å²) in [4.78, 5) is 25.6. The second kappa shape index (κ2) is 17.9. The molecular weight excluding hydrogens is 573 g/mol. The number of rotatable bonds is 18. The van der Waals surface area contributed by atoms with E-state index in [1.54, 1.807) is 42.5 Å². The average Bonchev–Trinajstić information content (AvgIpc) is 3.02. The largest absolute Gasteiger partial charge is 0.490 e. The molecule has 3 aromatic rings. The fourth-order valence-electron chi connectivity index (χ4n) is 4.37. The Bertz CT molecular complexity index is 1320. The van der Waals surface area contributed by atoms with Crippen LogP contribution in [0, 0.1) is 0 Å². The van der Waals surface area contributed by atoms with E-state index in [1.165, 1.54) is 12.1 Å². The van der Waals surface area contributed by atoms with Crippen LogP contribution < -0.4 is 9.47 Å². The van der Waals surface area contributed by atoms with Crippen molar-refractivity contribution < 1.29 is 41.7 Å². The molecule has 0 aliphatic carbocycles. The third-order valence-electron chi connectivity index (χ3n) is 6.78. The van der Waals surface area contributed by atoms with Gasteiger partial charge in [0.15, 0.2) is 6.10 Å². The van der Waals surface area contributed by atoms with Gasteiger partial charge in [-0.15, -0.1) is 0 Å². The fourth-order valence-corrected chi connectivity index (χ4v) is 4.37. The molecule has 0 saturated heterocycles. The fraction of sp³-hybridized carbons (Fsp3) is 0.371. The third-order valence-corrected chi connectivity index (χ3v) is 6.78. The van der Waals surface area contributed by atoms with Crippen molar-refractivity contribution >= 4 is 11.9 Å². The van der Waals surface area contributed by atoms with Crippen LogP contribution in [0.25, 0.3) is 11.1 Å². The van der Waals surface area contributed by atoms with Gasteiger partial charge in [0.05, 0.1) is 12.2 Å². The molecule has 0 amide bonds. The molecule has 0 spiro atoms. The van der Waals surface area contributed by atoms with Crippen LogP contribution in [0.4, 0.5) is 13.2 Å². The number of para-hydroxylation sites is 1. The lowest BCUT2D eigenvalue weighted by Gasteiger charge is -2.21. The maximum absolute atomic E-state index is 13.5. The maximum atomic E-state index is 13.5. The molecule has 236 valence electrons. The van der Waals surface area contributed by atoms with Crippen LogP contribution in [0.1, 0.15) is 72.6 Å². The molecule has 9 heteroatoms. The average molecular weight is 613 g/mol. The molecule has 0 fully saturated rings. The molecule has 0 aromatic heterocycles. The highest BCUT2D eigenvalue weighted by Gasteiger charge is 2.40. The van der Waals surface area contributed by atoms with Crippen molar-refractivity contribution in [1.82, 2.24) is 0 Å². The first-order chi connectivity index (χ1) is 21.2. The highest BCUT2D eigenvalue weighted by atomic mass is 19.4. The Kier molecular flexibility index (Phi) is 14.0. The summed E-state index contributed by atoms with van der Waals surface area (Å²) in [5, 5.41) is 0. The number of alkyl halides is 3. The summed E-state index contributed by atoms with van der Waals surface area (Å²) in [5.41, 5.74) is 1.96. The van der Waals surface area contributed by atoms with Crippen LogP contribution >= 0.6 is 0 Å². The van der Waals surface area contributed by atoms with Crippen LogP contribution in [-0.4, -0.2) is 44.0 Å². The molecule has 6 nitrogen and oxygen atoms in total. The topological polar surface area (TPSA) is 71.1 Å². The Morgan fingerprint density at radius 2 is 1.45 bits per heavy atom. The van der Waals surface area contributed by atoms with Gasteiger partial charge >= 0.3 is 18.1 Å². The highest BCUT2D eigenvalue weighted by molar-refractivity contribution is 5.96. The summed E-state index contributed by atoms with van der Waals surface area (Å²) in [7, 11) is 0. The van der Waals surface area contributed by atoms with Gasteiger partial charge in [-0.2, -0.15) is 13.2 Å². The van der Waals surface area contributed by atoms with E-state index >= 15 is 0 Å². The van der Waals surface area contributed by atoms with Crippen molar-refractivity contribution in [1.29, 1.82) is 0 Å². The lowest BCUT2D eigenvalue weighted by Crippen LogP contribution is -2.33. The van der Waals surface area contributed by atoms with E-state index in [0.717, 1.165) is 43.2 Å². The Balaban J connectivity index is 1.53. The van der Waals surface area contributed by atoms with Crippen LogP contribution in [0.3, 0.4) is 0 Å². The maximum Gasteiger partial charge on any atom is 0.414 e. The summed E-state index contributed by atoms with van der Waals surface area (Å²) in [6, 6.07) is 20.1. The molecule has 0 bridgehead atoms. The van der Waals surface area contributed by atoms with E-state index < -0.39 is 37.2 Å². The first-order valence-corrected chi connectivity index (χ1v) is 14.8. The molecule has 0 aliphatic heterocycles. The van der Waals surface area contributed by atoms with E-state index in [9.17, 15) is 22.8 Å². The number of carbonyl (C=O) groups is 2. The Hall–Kier alpha value is -4.11.